The fourth-order valence-corrected chi connectivity index (χ4v) is 2.66. The topological polar surface area (TPSA) is 101 Å². The highest BCUT2D eigenvalue weighted by molar-refractivity contribution is 5.58. The van der Waals surface area contributed by atoms with Crippen molar-refractivity contribution >= 4 is 5.82 Å². The highest BCUT2D eigenvalue weighted by Gasteiger charge is 2.37. The van der Waals surface area contributed by atoms with Crippen LogP contribution in [0.1, 0.15) is 11.1 Å². The van der Waals surface area contributed by atoms with Crippen molar-refractivity contribution in [2.45, 2.75) is 18.9 Å². The van der Waals surface area contributed by atoms with Crippen molar-refractivity contribution in [1.82, 2.24) is 24.3 Å². The first-order valence-electron chi connectivity index (χ1n) is 8.32. The number of hydrogen-bond acceptors (Lipinski definition) is 6. The van der Waals surface area contributed by atoms with Crippen LogP contribution >= 0.6 is 0 Å². The summed E-state index contributed by atoms with van der Waals surface area (Å²) in [5, 5.41) is 15.1. The minimum Gasteiger partial charge on any atom is -0.383 e. The van der Waals surface area contributed by atoms with Crippen molar-refractivity contribution in [2.24, 2.45) is 0 Å². The first-order valence-corrected chi connectivity index (χ1v) is 8.32. The number of alkyl halides is 6. The maximum absolute atomic E-state index is 13.1. The second-order valence-electron chi connectivity index (χ2n) is 6.14. The minimum absolute atomic E-state index is 0.0227. The molecule has 3 rings (SSSR count). The molecule has 0 atom stereocenters. The van der Waals surface area contributed by atoms with Crippen LogP contribution in [0.3, 0.4) is 0 Å². The average Bonchev–Trinajstić information content (AvgIpc) is 3.31. The number of hydrogen-bond donors (Lipinski definition) is 0. The van der Waals surface area contributed by atoms with E-state index in [-0.39, 0.29) is 25.0 Å². The van der Waals surface area contributed by atoms with Crippen LogP contribution in [0, 0.1) is 10.1 Å². The number of ether oxygens (including phenoxy) is 1. The van der Waals surface area contributed by atoms with Gasteiger partial charge in [-0.1, -0.05) is 0 Å². The summed E-state index contributed by atoms with van der Waals surface area (Å²) in [6.45, 7) is 0.258. The van der Waals surface area contributed by atoms with Crippen LogP contribution in [0.15, 0.2) is 30.9 Å². The molecular formula is C16H12F6N6O3. The zero-order valence-corrected chi connectivity index (χ0v) is 15.5. The zero-order chi connectivity index (χ0) is 23.0. The number of rotatable bonds is 6. The number of halogens is 6. The van der Waals surface area contributed by atoms with Gasteiger partial charge in [-0.15, -0.1) is 5.10 Å². The molecule has 3 aromatic rings. The smallest absolute Gasteiger partial charge is 0.383 e. The van der Waals surface area contributed by atoms with Gasteiger partial charge in [0.2, 0.25) is 12.1 Å². The second kappa shape index (κ2) is 7.98. The third-order valence-electron chi connectivity index (χ3n) is 4.06. The third kappa shape index (κ3) is 4.65. The quantitative estimate of drug-likeness (QED) is 0.322. The van der Waals surface area contributed by atoms with Crippen LogP contribution in [0.4, 0.5) is 32.2 Å². The Hall–Kier alpha value is -3.49. The highest BCUT2D eigenvalue weighted by Crippen LogP contribution is 2.38. The number of nitrogens with zero attached hydrogens (tertiary/aromatic N) is 6. The van der Waals surface area contributed by atoms with Gasteiger partial charge < -0.3 is 14.9 Å². The van der Waals surface area contributed by atoms with E-state index in [9.17, 15) is 36.5 Å². The Morgan fingerprint density at radius 1 is 1.03 bits per heavy atom. The fourth-order valence-electron chi connectivity index (χ4n) is 2.66. The normalized spacial score (nSPS) is 12.4. The van der Waals surface area contributed by atoms with E-state index in [0.29, 0.717) is 12.1 Å². The largest absolute Gasteiger partial charge is 0.416 e. The van der Waals surface area contributed by atoms with E-state index < -0.39 is 45.6 Å². The number of aromatic nitrogens is 5. The van der Waals surface area contributed by atoms with Gasteiger partial charge in [0.1, 0.15) is 6.33 Å². The van der Waals surface area contributed by atoms with Gasteiger partial charge >= 0.3 is 18.2 Å². The summed E-state index contributed by atoms with van der Waals surface area (Å²) in [6.07, 6.45) is -8.04. The number of benzene rings is 1. The summed E-state index contributed by atoms with van der Waals surface area (Å²) in [7, 11) is 1.39. The zero-order valence-electron chi connectivity index (χ0n) is 15.5. The average molecular weight is 450 g/mol. The molecule has 0 bridgehead atoms. The molecule has 0 radical (unpaired) electrons. The molecule has 0 saturated carbocycles. The Labute approximate surface area is 169 Å². The lowest BCUT2D eigenvalue weighted by Crippen LogP contribution is -2.12. The second-order valence-corrected chi connectivity index (χ2v) is 6.14. The molecule has 0 unspecified atom stereocenters. The standard InChI is InChI=1S/C16H12F6N6O3/c1-31-3-2-26-7-24-13(28(29)30)14(26)27-8-23-12(25-27)9-4-10(15(17,18)19)6-11(5-9)16(20,21)22/h4-8H,2-3H2,1H3. The van der Waals surface area contributed by atoms with Crippen LogP contribution in [0.5, 0.6) is 0 Å². The van der Waals surface area contributed by atoms with Gasteiger partial charge in [0, 0.05) is 12.7 Å². The molecule has 0 aliphatic heterocycles. The van der Waals surface area contributed by atoms with Gasteiger partial charge in [0.15, 0.2) is 5.82 Å². The van der Waals surface area contributed by atoms with Crippen molar-refractivity contribution in [3.63, 3.8) is 0 Å². The molecule has 31 heavy (non-hydrogen) atoms. The molecule has 0 spiro atoms. The van der Waals surface area contributed by atoms with Crippen molar-refractivity contribution in [3.05, 3.63) is 52.1 Å². The summed E-state index contributed by atoms with van der Waals surface area (Å²) in [6, 6.07) is 0.905. The van der Waals surface area contributed by atoms with Crippen molar-refractivity contribution in [2.75, 3.05) is 13.7 Å². The van der Waals surface area contributed by atoms with E-state index in [2.05, 4.69) is 15.1 Å². The first kappa shape index (κ1) is 22.2. The highest BCUT2D eigenvalue weighted by atomic mass is 19.4. The molecule has 166 valence electrons. The Morgan fingerprint density at radius 3 is 2.16 bits per heavy atom. The van der Waals surface area contributed by atoms with Gasteiger partial charge in [0.05, 0.1) is 24.3 Å². The van der Waals surface area contributed by atoms with E-state index in [1.807, 2.05) is 0 Å². The molecule has 2 heterocycles. The summed E-state index contributed by atoms with van der Waals surface area (Å²) in [5.74, 6) is -1.32. The van der Waals surface area contributed by atoms with Gasteiger partial charge in [-0.3, -0.25) is 4.57 Å². The van der Waals surface area contributed by atoms with Crippen molar-refractivity contribution in [3.8, 4) is 17.2 Å². The molecule has 15 heteroatoms. The molecule has 0 amide bonds. The third-order valence-corrected chi connectivity index (χ3v) is 4.06. The summed E-state index contributed by atoms with van der Waals surface area (Å²) >= 11 is 0. The molecule has 1 aromatic carbocycles. The molecular weight excluding hydrogens is 438 g/mol. The van der Waals surface area contributed by atoms with Crippen molar-refractivity contribution in [1.29, 1.82) is 0 Å². The van der Waals surface area contributed by atoms with E-state index in [1.165, 1.54) is 11.7 Å². The molecule has 2 aromatic heterocycles. The lowest BCUT2D eigenvalue weighted by molar-refractivity contribution is -0.389. The molecule has 0 aliphatic carbocycles. The van der Waals surface area contributed by atoms with E-state index in [0.717, 1.165) is 17.3 Å². The maximum atomic E-state index is 13.1. The number of imidazole rings is 1. The number of nitro groups is 1. The lowest BCUT2D eigenvalue weighted by Gasteiger charge is -2.13. The summed E-state index contributed by atoms with van der Waals surface area (Å²) in [5.41, 5.74) is -3.64. The molecule has 0 N–H and O–H groups in total. The van der Waals surface area contributed by atoms with Gasteiger partial charge in [-0.05, 0) is 28.1 Å². The van der Waals surface area contributed by atoms with E-state index in [1.54, 1.807) is 0 Å². The lowest BCUT2D eigenvalue weighted by atomic mass is 10.0. The molecule has 0 fully saturated rings. The van der Waals surface area contributed by atoms with Gasteiger partial charge in [-0.25, -0.2) is 4.98 Å². The maximum Gasteiger partial charge on any atom is 0.416 e. The Kier molecular flexibility index (Phi) is 5.71. The van der Waals surface area contributed by atoms with Crippen LogP contribution in [-0.4, -0.2) is 43.0 Å². The van der Waals surface area contributed by atoms with Crippen LogP contribution < -0.4 is 0 Å². The summed E-state index contributed by atoms with van der Waals surface area (Å²) in [4.78, 5) is 17.8. The van der Waals surface area contributed by atoms with Gasteiger partial charge in [0.25, 0.3) is 0 Å². The Bertz CT molecular complexity index is 1070. The molecule has 0 saturated heterocycles. The Balaban J connectivity index is 2.11. The van der Waals surface area contributed by atoms with Crippen LogP contribution in [0.2, 0.25) is 0 Å². The van der Waals surface area contributed by atoms with E-state index in [4.69, 9.17) is 4.74 Å². The Morgan fingerprint density at radius 2 is 1.65 bits per heavy atom. The van der Waals surface area contributed by atoms with Crippen LogP contribution in [-0.2, 0) is 23.6 Å². The SMILES string of the molecule is COCCn1cnc([N+](=O)[O-])c1-n1cnc(-c2cc(C(F)(F)F)cc(C(F)(F)F)c2)n1. The van der Waals surface area contributed by atoms with Crippen LogP contribution in [0.25, 0.3) is 17.2 Å². The predicted molar refractivity (Wildman–Crippen MR) is 91.1 cm³/mol. The minimum atomic E-state index is -5.05. The van der Waals surface area contributed by atoms with Gasteiger partial charge in [-0.2, -0.15) is 31.0 Å². The molecule has 0 aliphatic rings. The molecule has 9 nitrogen and oxygen atoms in total. The predicted octanol–water partition coefficient (Wildman–Crippen LogP) is 3.72. The number of methoxy groups -OCH3 is 1. The van der Waals surface area contributed by atoms with E-state index >= 15 is 0 Å². The summed E-state index contributed by atoms with van der Waals surface area (Å²) < 4.78 is 85.5. The monoisotopic (exact) mass is 450 g/mol. The van der Waals surface area contributed by atoms with Crippen molar-refractivity contribution < 1.29 is 36.0 Å². The first-order chi connectivity index (χ1) is 14.4. The fraction of sp³-hybridized carbons (Fsp3) is 0.312.